The number of carbonyl (C=O) groups is 1. The topological polar surface area (TPSA) is 69.9 Å². The van der Waals surface area contributed by atoms with Crippen LogP contribution in [0.1, 0.15) is 21.5 Å². The summed E-state index contributed by atoms with van der Waals surface area (Å²) in [5.41, 5.74) is 2.14. The van der Waals surface area contributed by atoms with Crippen LogP contribution in [-0.2, 0) is 13.2 Å². The monoisotopic (exact) mass is 376 g/mol. The van der Waals surface area contributed by atoms with Gasteiger partial charge in [-0.05, 0) is 24.6 Å². The first-order chi connectivity index (χ1) is 12.9. The van der Waals surface area contributed by atoms with Crippen LogP contribution in [0.3, 0.4) is 0 Å². The summed E-state index contributed by atoms with van der Waals surface area (Å²) in [6.45, 7) is 0.518. The Morgan fingerprint density at radius 2 is 2.04 bits per heavy atom. The SMILES string of the molecule is Cc1cncc(OCc2cccnc2-c2ccnn2CC(F)(F)F)c1C=O. The second-order valence-corrected chi connectivity index (χ2v) is 5.78. The molecule has 0 saturated heterocycles. The first-order valence-electron chi connectivity index (χ1n) is 7.94. The zero-order valence-corrected chi connectivity index (χ0v) is 14.3. The Hall–Kier alpha value is -3.23. The zero-order valence-electron chi connectivity index (χ0n) is 14.3. The van der Waals surface area contributed by atoms with Gasteiger partial charge in [-0.15, -0.1) is 0 Å². The van der Waals surface area contributed by atoms with Gasteiger partial charge < -0.3 is 4.74 Å². The molecule has 0 fully saturated rings. The fourth-order valence-electron chi connectivity index (χ4n) is 2.59. The summed E-state index contributed by atoms with van der Waals surface area (Å²) in [6.07, 6.45) is 2.00. The number of aldehydes is 1. The fourth-order valence-corrected chi connectivity index (χ4v) is 2.59. The zero-order chi connectivity index (χ0) is 19.4. The molecule has 0 spiro atoms. The molecule has 0 N–H and O–H groups in total. The number of pyridine rings is 2. The third-order valence-corrected chi connectivity index (χ3v) is 3.83. The molecule has 3 rings (SSSR count). The largest absolute Gasteiger partial charge is 0.486 e. The molecule has 9 heteroatoms. The Morgan fingerprint density at radius 1 is 1.22 bits per heavy atom. The third kappa shape index (κ3) is 4.30. The molecule has 0 aromatic carbocycles. The Bertz CT molecular complexity index is 954. The van der Waals surface area contributed by atoms with Crippen LogP contribution in [0.4, 0.5) is 13.2 Å². The normalized spacial score (nSPS) is 11.4. The van der Waals surface area contributed by atoms with E-state index in [9.17, 15) is 18.0 Å². The van der Waals surface area contributed by atoms with Crippen molar-refractivity contribution >= 4 is 6.29 Å². The highest BCUT2D eigenvalue weighted by Crippen LogP contribution is 2.26. The summed E-state index contributed by atoms with van der Waals surface area (Å²) in [4.78, 5) is 19.4. The lowest BCUT2D eigenvalue weighted by atomic mass is 10.1. The van der Waals surface area contributed by atoms with Crippen LogP contribution in [0.25, 0.3) is 11.4 Å². The molecule has 27 heavy (non-hydrogen) atoms. The van der Waals surface area contributed by atoms with E-state index in [0.717, 1.165) is 4.68 Å². The molecule has 0 atom stereocenters. The van der Waals surface area contributed by atoms with E-state index in [1.54, 1.807) is 25.3 Å². The van der Waals surface area contributed by atoms with Crippen molar-refractivity contribution in [3.05, 3.63) is 59.7 Å². The third-order valence-electron chi connectivity index (χ3n) is 3.83. The molecule has 3 aromatic heterocycles. The van der Waals surface area contributed by atoms with Gasteiger partial charge in [0.05, 0.1) is 23.1 Å². The Morgan fingerprint density at radius 3 is 2.78 bits per heavy atom. The molecule has 0 saturated carbocycles. The van der Waals surface area contributed by atoms with Crippen molar-refractivity contribution in [3.63, 3.8) is 0 Å². The predicted octanol–water partition coefficient (Wildman–Crippen LogP) is 3.60. The summed E-state index contributed by atoms with van der Waals surface area (Å²) in [5, 5.41) is 3.74. The summed E-state index contributed by atoms with van der Waals surface area (Å²) in [6, 6.07) is 4.81. The van der Waals surface area contributed by atoms with E-state index in [1.165, 1.54) is 24.7 Å². The second kappa shape index (κ2) is 7.56. The van der Waals surface area contributed by atoms with E-state index in [-0.39, 0.29) is 12.3 Å². The van der Waals surface area contributed by atoms with Crippen LogP contribution in [-0.4, -0.2) is 32.2 Å². The predicted molar refractivity (Wildman–Crippen MR) is 90.2 cm³/mol. The van der Waals surface area contributed by atoms with E-state index in [4.69, 9.17) is 4.74 Å². The van der Waals surface area contributed by atoms with Gasteiger partial charge in [-0.2, -0.15) is 18.3 Å². The van der Waals surface area contributed by atoms with Crippen LogP contribution in [0.15, 0.2) is 43.0 Å². The van der Waals surface area contributed by atoms with Crippen LogP contribution >= 0.6 is 0 Å². The summed E-state index contributed by atoms with van der Waals surface area (Å²) < 4.78 is 44.8. The maximum atomic E-state index is 12.8. The molecule has 0 amide bonds. The molecule has 3 aromatic rings. The molecule has 0 unspecified atom stereocenters. The lowest BCUT2D eigenvalue weighted by molar-refractivity contribution is -0.142. The van der Waals surface area contributed by atoms with Crippen molar-refractivity contribution in [2.24, 2.45) is 0 Å². The molecule has 0 aliphatic carbocycles. The van der Waals surface area contributed by atoms with Crippen LogP contribution in [0.5, 0.6) is 5.75 Å². The van der Waals surface area contributed by atoms with Gasteiger partial charge in [-0.3, -0.25) is 19.4 Å². The Labute approximate surface area is 152 Å². The molecule has 0 aliphatic rings. The van der Waals surface area contributed by atoms with E-state index in [2.05, 4.69) is 15.1 Å². The highest BCUT2D eigenvalue weighted by Gasteiger charge is 2.30. The van der Waals surface area contributed by atoms with E-state index < -0.39 is 12.7 Å². The number of ether oxygens (including phenoxy) is 1. The fraction of sp³-hybridized carbons (Fsp3) is 0.222. The van der Waals surface area contributed by atoms with Gasteiger partial charge >= 0.3 is 6.18 Å². The number of hydrogen-bond donors (Lipinski definition) is 0. The van der Waals surface area contributed by atoms with Crippen molar-refractivity contribution in [1.82, 2.24) is 19.7 Å². The standard InChI is InChI=1S/C18H15F3N4O2/c1-12-7-22-8-16(14(12)9-26)27-10-13-3-2-5-23-17(13)15-4-6-24-25(15)11-18(19,20)21/h2-9H,10-11H2,1H3. The van der Waals surface area contributed by atoms with Crippen LogP contribution < -0.4 is 4.74 Å². The number of aromatic nitrogens is 4. The van der Waals surface area contributed by atoms with Crippen molar-refractivity contribution in [2.75, 3.05) is 0 Å². The molecule has 140 valence electrons. The summed E-state index contributed by atoms with van der Waals surface area (Å²) in [7, 11) is 0. The van der Waals surface area contributed by atoms with Crippen molar-refractivity contribution in [1.29, 1.82) is 0 Å². The molecule has 0 aliphatic heterocycles. The summed E-state index contributed by atoms with van der Waals surface area (Å²) in [5.74, 6) is 0.295. The molecule has 0 bridgehead atoms. The van der Waals surface area contributed by atoms with Crippen molar-refractivity contribution in [3.8, 4) is 17.1 Å². The van der Waals surface area contributed by atoms with Gasteiger partial charge in [-0.25, -0.2) is 0 Å². The number of aryl methyl sites for hydroxylation is 1. The van der Waals surface area contributed by atoms with Gasteiger partial charge in [0, 0.05) is 24.2 Å². The molecular weight excluding hydrogens is 361 g/mol. The highest BCUT2D eigenvalue weighted by molar-refractivity contribution is 5.81. The van der Waals surface area contributed by atoms with Crippen molar-refractivity contribution < 1.29 is 22.7 Å². The number of alkyl halides is 3. The number of halogens is 3. The van der Waals surface area contributed by atoms with E-state index >= 15 is 0 Å². The minimum atomic E-state index is -4.40. The minimum Gasteiger partial charge on any atom is -0.486 e. The first-order valence-corrected chi connectivity index (χ1v) is 7.94. The van der Waals surface area contributed by atoms with Gasteiger partial charge in [-0.1, -0.05) is 6.07 Å². The smallest absolute Gasteiger partial charge is 0.408 e. The number of rotatable bonds is 6. The Balaban J connectivity index is 1.89. The van der Waals surface area contributed by atoms with E-state index in [0.29, 0.717) is 34.4 Å². The van der Waals surface area contributed by atoms with Crippen molar-refractivity contribution in [2.45, 2.75) is 26.3 Å². The first kappa shape index (κ1) is 18.6. The highest BCUT2D eigenvalue weighted by atomic mass is 19.4. The average molecular weight is 376 g/mol. The lowest BCUT2D eigenvalue weighted by Gasteiger charge is -2.14. The van der Waals surface area contributed by atoms with Gasteiger partial charge in [0.15, 0.2) is 6.29 Å². The number of carbonyl (C=O) groups excluding carboxylic acids is 1. The molecule has 6 nitrogen and oxygen atoms in total. The van der Waals surface area contributed by atoms with Gasteiger partial charge in [0.1, 0.15) is 18.9 Å². The second-order valence-electron chi connectivity index (χ2n) is 5.78. The van der Waals surface area contributed by atoms with Gasteiger partial charge in [0.25, 0.3) is 0 Å². The average Bonchev–Trinajstić information content (AvgIpc) is 3.06. The van der Waals surface area contributed by atoms with Gasteiger partial charge in [0.2, 0.25) is 0 Å². The number of hydrogen-bond acceptors (Lipinski definition) is 5. The maximum Gasteiger partial charge on any atom is 0.408 e. The van der Waals surface area contributed by atoms with E-state index in [1.807, 2.05) is 0 Å². The Kier molecular flexibility index (Phi) is 5.20. The molecule has 0 radical (unpaired) electrons. The number of nitrogens with zero attached hydrogens (tertiary/aromatic N) is 4. The molecule has 3 heterocycles. The lowest BCUT2D eigenvalue weighted by Crippen LogP contribution is -2.19. The maximum absolute atomic E-state index is 12.8. The minimum absolute atomic E-state index is 0.00629. The van der Waals surface area contributed by atoms with Crippen LogP contribution in [0.2, 0.25) is 0 Å². The summed E-state index contributed by atoms with van der Waals surface area (Å²) >= 11 is 0. The molecular formula is C18H15F3N4O2. The quantitative estimate of drug-likeness (QED) is 0.615. The van der Waals surface area contributed by atoms with Crippen LogP contribution in [0, 0.1) is 6.92 Å².